The fourth-order valence-electron chi connectivity index (χ4n) is 2.49. The van der Waals surface area contributed by atoms with Crippen LogP contribution in [-0.2, 0) is 12.7 Å². The van der Waals surface area contributed by atoms with Crippen LogP contribution in [0.4, 0.5) is 28.0 Å². The number of hydrogen-bond donors (Lipinski definition) is 3. The van der Waals surface area contributed by atoms with Crippen LogP contribution >= 0.6 is 11.6 Å². The van der Waals surface area contributed by atoms with Crippen LogP contribution in [-0.4, -0.2) is 18.5 Å². The van der Waals surface area contributed by atoms with E-state index in [2.05, 4.69) is 16.0 Å². The van der Waals surface area contributed by atoms with Crippen LogP contribution in [0.5, 0.6) is 0 Å². The third-order valence-corrected chi connectivity index (χ3v) is 4.27. The summed E-state index contributed by atoms with van der Waals surface area (Å²) in [5.41, 5.74) is -0.977. The molecule has 3 amide bonds. The first kappa shape index (κ1) is 23.5. The third kappa shape index (κ3) is 6.62. The Morgan fingerprint density at radius 2 is 1.77 bits per heavy atom. The Labute approximate surface area is 175 Å². The molecule has 0 aromatic heterocycles. The first-order valence-corrected chi connectivity index (χ1v) is 9.33. The van der Waals surface area contributed by atoms with E-state index in [0.717, 1.165) is 12.1 Å². The van der Waals surface area contributed by atoms with Crippen molar-refractivity contribution < 1.29 is 27.2 Å². The number of anilines is 1. The van der Waals surface area contributed by atoms with Crippen molar-refractivity contribution in [1.29, 1.82) is 0 Å². The molecule has 0 fully saturated rings. The van der Waals surface area contributed by atoms with E-state index >= 15 is 0 Å². The van der Waals surface area contributed by atoms with Crippen molar-refractivity contribution in [2.75, 3.05) is 11.9 Å². The van der Waals surface area contributed by atoms with E-state index in [0.29, 0.717) is 12.6 Å². The van der Waals surface area contributed by atoms with E-state index in [1.165, 1.54) is 18.2 Å². The molecule has 0 radical (unpaired) electrons. The molecular formula is C20H20ClF4N3O2. The van der Waals surface area contributed by atoms with Crippen LogP contribution < -0.4 is 16.0 Å². The van der Waals surface area contributed by atoms with Gasteiger partial charge in [-0.25, -0.2) is 9.18 Å². The summed E-state index contributed by atoms with van der Waals surface area (Å²) in [5, 5.41) is 7.51. The normalized spacial score (nSPS) is 11.3. The zero-order valence-corrected chi connectivity index (χ0v) is 16.9. The number of carbonyl (C=O) groups is 2. The molecule has 2 rings (SSSR count). The molecule has 162 valence electrons. The van der Waals surface area contributed by atoms with Crippen molar-refractivity contribution >= 4 is 29.2 Å². The Balaban J connectivity index is 2.01. The predicted molar refractivity (Wildman–Crippen MR) is 106 cm³/mol. The zero-order chi connectivity index (χ0) is 22.5. The van der Waals surface area contributed by atoms with Crippen molar-refractivity contribution in [2.24, 2.45) is 5.92 Å². The summed E-state index contributed by atoms with van der Waals surface area (Å²) < 4.78 is 52.1. The number of urea groups is 1. The van der Waals surface area contributed by atoms with Gasteiger partial charge < -0.3 is 16.0 Å². The van der Waals surface area contributed by atoms with Gasteiger partial charge in [0, 0.05) is 18.8 Å². The summed E-state index contributed by atoms with van der Waals surface area (Å²) in [4.78, 5) is 24.1. The largest absolute Gasteiger partial charge is 0.416 e. The molecule has 2 aromatic rings. The van der Waals surface area contributed by atoms with Crippen LogP contribution in [0.25, 0.3) is 0 Å². The Hall–Kier alpha value is -2.81. The maximum Gasteiger partial charge on any atom is 0.416 e. The third-order valence-electron chi connectivity index (χ3n) is 3.96. The Morgan fingerprint density at radius 3 is 2.37 bits per heavy atom. The van der Waals surface area contributed by atoms with Gasteiger partial charge in [-0.2, -0.15) is 13.2 Å². The van der Waals surface area contributed by atoms with Gasteiger partial charge in [0.25, 0.3) is 5.91 Å². The summed E-state index contributed by atoms with van der Waals surface area (Å²) in [6.07, 6.45) is -4.75. The minimum absolute atomic E-state index is 0.104. The van der Waals surface area contributed by atoms with E-state index in [1.807, 2.05) is 13.8 Å². The molecule has 5 nitrogen and oxygen atoms in total. The van der Waals surface area contributed by atoms with E-state index < -0.39 is 30.1 Å². The number of amides is 3. The van der Waals surface area contributed by atoms with E-state index in [4.69, 9.17) is 11.6 Å². The number of nitrogens with one attached hydrogen (secondary N) is 3. The van der Waals surface area contributed by atoms with Crippen LogP contribution in [0.15, 0.2) is 36.4 Å². The molecule has 0 unspecified atom stereocenters. The number of halogens is 5. The lowest BCUT2D eigenvalue weighted by atomic mass is 10.1. The fourth-order valence-corrected chi connectivity index (χ4v) is 2.75. The highest BCUT2D eigenvalue weighted by atomic mass is 35.5. The van der Waals surface area contributed by atoms with Crippen LogP contribution in [0, 0.1) is 11.7 Å². The highest BCUT2D eigenvalue weighted by molar-refractivity contribution is 6.34. The minimum Gasteiger partial charge on any atom is -0.352 e. The molecule has 0 bridgehead atoms. The van der Waals surface area contributed by atoms with Gasteiger partial charge >= 0.3 is 12.2 Å². The van der Waals surface area contributed by atoms with E-state index in [-0.39, 0.29) is 33.7 Å². The van der Waals surface area contributed by atoms with Crippen molar-refractivity contribution in [3.05, 3.63) is 63.9 Å². The lowest BCUT2D eigenvalue weighted by Crippen LogP contribution is -2.29. The van der Waals surface area contributed by atoms with Gasteiger partial charge in [0.15, 0.2) is 0 Å². The van der Waals surface area contributed by atoms with Crippen molar-refractivity contribution in [3.63, 3.8) is 0 Å². The molecule has 0 aliphatic carbocycles. The quantitative estimate of drug-likeness (QED) is 0.534. The first-order valence-electron chi connectivity index (χ1n) is 8.95. The molecule has 3 N–H and O–H groups in total. The smallest absolute Gasteiger partial charge is 0.352 e. The van der Waals surface area contributed by atoms with E-state index in [9.17, 15) is 27.2 Å². The summed E-state index contributed by atoms with van der Waals surface area (Å²) in [6, 6.07) is 5.64. The van der Waals surface area contributed by atoms with Gasteiger partial charge in [0.1, 0.15) is 5.82 Å². The second kappa shape index (κ2) is 9.80. The standard InChI is InChI=1S/C20H20ClF4N3O2/c1-11(2)9-26-18(29)15-6-5-14(8-17(15)21)28-19(30)27-10-12-3-4-13(22)7-16(12)20(23,24)25/h3-8,11H,9-10H2,1-2H3,(H,26,29)(H2,27,28,30). The summed E-state index contributed by atoms with van der Waals surface area (Å²) >= 11 is 6.09. The molecule has 10 heteroatoms. The molecule has 0 aliphatic heterocycles. The average Bonchev–Trinajstić information content (AvgIpc) is 2.64. The Bertz CT molecular complexity index is 933. The lowest BCUT2D eigenvalue weighted by Gasteiger charge is -2.14. The predicted octanol–water partition coefficient (Wildman–Crippen LogP) is 5.21. The molecule has 0 heterocycles. The SMILES string of the molecule is CC(C)CNC(=O)c1ccc(NC(=O)NCc2ccc(F)cc2C(F)(F)F)cc1Cl. The monoisotopic (exact) mass is 445 g/mol. The summed E-state index contributed by atoms with van der Waals surface area (Å²) in [5.74, 6) is -1.13. The van der Waals surface area contributed by atoms with Crippen molar-refractivity contribution in [3.8, 4) is 0 Å². The van der Waals surface area contributed by atoms with Crippen molar-refractivity contribution in [1.82, 2.24) is 10.6 Å². The molecule has 30 heavy (non-hydrogen) atoms. The second-order valence-corrected chi connectivity index (χ2v) is 7.31. The Morgan fingerprint density at radius 1 is 1.07 bits per heavy atom. The average molecular weight is 446 g/mol. The fraction of sp³-hybridized carbons (Fsp3) is 0.300. The molecule has 0 aliphatic rings. The summed E-state index contributed by atoms with van der Waals surface area (Å²) in [7, 11) is 0. The van der Waals surface area contributed by atoms with Gasteiger partial charge in [-0.05, 0) is 41.8 Å². The number of carbonyl (C=O) groups excluding carboxylic acids is 2. The van der Waals surface area contributed by atoms with Gasteiger partial charge in [0.2, 0.25) is 0 Å². The number of alkyl halides is 3. The first-order chi connectivity index (χ1) is 14.0. The topological polar surface area (TPSA) is 70.2 Å². The van der Waals surface area contributed by atoms with Crippen molar-refractivity contribution in [2.45, 2.75) is 26.6 Å². The Kier molecular flexibility index (Phi) is 7.66. The molecule has 2 aromatic carbocycles. The number of benzene rings is 2. The molecule has 0 saturated carbocycles. The zero-order valence-electron chi connectivity index (χ0n) is 16.2. The molecule has 0 atom stereocenters. The van der Waals surface area contributed by atoms with Gasteiger partial charge in [-0.15, -0.1) is 0 Å². The van der Waals surface area contributed by atoms with Crippen LogP contribution in [0.3, 0.4) is 0 Å². The van der Waals surface area contributed by atoms with Crippen LogP contribution in [0.1, 0.15) is 35.3 Å². The van der Waals surface area contributed by atoms with E-state index in [1.54, 1.807) is 0 Å². The molecule has 0 spiro atoms. The molecular weight excluding hydrogens is 426 g/mol. The molecule has 0 saturated heterocycles. The number of hydrogen-bond acceptors (Lipinski definition) is 2. The highest BCUT2D eigenvalue weighted by Gasteiger charge is 2.33. The lowest BCUT2D eigenvalue weighted by molar-refractivity contribution is -0.138. The minimum atomic E-state index is -4.75. The van der Waals surface area contributed by atoms with Gasteiger partial charge in [0.05, 0.1) is 16.1 Å². The maximum absolute atomic E-state index is 13.1. The van der Waals surface area contributed by atoms with Crippen LogP contribution in [0.2, 0.25) is 5.02 Å². The maximum atomic E-state index is 13.1. The second-order valence-electron chi connectivity index (χ2n) is 6.91. The van der Waals surface area contributed by atoms with Gasteiger partial charge in [-0.3, -0.25) is 4.79 Å². The van der Waals surface area contributed by atoms with Gasteiger partial charge in [-0.1, -0.05) is 31.5 Å². The summed E-state index contributed by atoms with van der Waals surface area (Å²) in [6.45, 7) is 3.89. The highest BCUT2D eigenvalue weighted by Crippen LogP contribution is 2.32. The number of rotatable bonds is 6.